The third kappa shape index (κ3) is 4.23. The monoisotopic (exact) mass is 426 g/mol. The van der Waals surface area contributed by atoms with Gasteiger partial charge >= 0.3 is 0 Å². The molecule has 3 rings (SSSR count). The molecule has 1 aliphatic rings. The van der Waals surface area contributed by atoms with E-state index >= 15 is 0 Å². The van der Waals surface area contributed by atoms with Crippen molar-refractivity contribution in [3.8, 4) is 0 Å². The van der Waals surface area contributed by atoms with Crippen LogP contribution >= 0.6 is 23.2 Å². The van der Waals surface area contributed by atoms with Crippen LogP contribution in [0.4, 0.5) is 11.4 Å². The average molecular weight is 427 g/mol. The lowest BCUT2D eigenvalue weighted by Gasteiger charge is -2.35. The fourth-order valence-corrected chi connectivity index (χ4v) is 5.12. The quantitative estimate of drug-likeness (QED) is 0.738. The van der Waals surface area contributed by atoms with Crippen LogP contribution in [-0.4, -0.2) is 33.2 Å². The fraction of sp³-hybridized carbons (Fsp3) is 0.316. The minimum atomic E-state index is -3.74. The van der Waals surface area contributed by atoms with Gasteiger partial charge in [-0.3, -0.25) is 9.10 Å². The molecule has 27 heavy (non-hydrogen) atoms. The number of aryl methyl sites for hydroxylation is 1. The molecule has 0 aromatic heterocycles. The number of para-hydroxylation sites is 1. The molecule has 0 N–H and O–H groups in total. The molecule has 2 aromatic carbocycles. The molecule has 0 bridgehead atoms. The highest BCUT2D eigenvalue weighted by Gasteiger charge is 2.34. The number of carbonyl (C=O) groups is 1. The first-order valence-electron chi connectivity index (χ1n) is 8.53. The number of nitrogens with zero attached hydrogens (tertiary/aromatic N) is 2. The number of hydrogen-bond acceptors (Lipinski definition) is 3. The lowest BCUT2D eigenvalue weighted by molar-refractivity contribution is -0.119. The van der Waals surface area contributed by atoms with Crippen molar-refractivity contribution < 1.29 is 13.2 Å². The molecule has 0 fully saturated rings. The van der Waals surface area contributed by atoms with Crippen molar-refractivity contribution in [1.29, 1.82) is 0 Å². The van der Waals surface area contributed by atoms with Crippen molar-refractivity contribution in [3.63, 3.8) is 0 Å². The molecule has 1 amide bonds. The van der Waals surface area contributed by atoms with Crippen LogP contribution in [0.2, 0.25) is 10.0 Å². The maximum atomic E-state index is 13.2. The molecule has 2 aromatic rings. The number of fused-ring (bicyclic) bond motifs is 1. The van der Waals surface area contributed by atoms with Crippen LogP contribution in [0.1, 0.15) is 18.9 Å². The highest BCUT2D eigenvalue weighted by atomic mass is 35.5. The Hall–Kier alpha value is -1.76. The molecule has 0 saturated carbocycles. The van der Waals surface area contributed by atoms with Crippen molar-refractivity contribution >= 4 is 50.5 Å². The van der Waals surface area contributed by atoms with E-state index in [2.05, 4.69) is 0 Å². The summed E-state index contributed by atoms with van der Waals surface area (Å²) >= 11 is 12.1. The second kappa shape index (κ2) is 7.70. The predicted molar refractivity (Wildman–Crippen MR) is 110 cm³/mol. The second-order valence-corrected chi connectivity index (χ2v) is 9.32. The van der Waals surface area contributed by atoms with Gasteiger partial charge in [-0.2, -0.15) is 0 Å². The standard InChI is InChI=1S/C19H20Cl2N2O3S/c1-13(19(24)22-9-5-7-14-6-3-4-8-18(14)22)23(27(2,25)26)17-11-15(20)10-16(21)12-17/h3-4,6,8,10-13H,5,7,9H2,1-2H3/t13-/m1/s1. The number of carbonyl (C=O) groups excluding carboxylic acids is 1. The summed E-state index contributed by atoms with van der Waals surface area (Å²) in [7, 11) is -3.74. The molecule has 0 aliphatic carbocycles. The van der Waals surface area contributed by atoms with E-state index in [9.17, 15) is 13.2 Å². The van der Waals surface area contributed by atoms with Gasteiger partial charge in [0.2, 0.25) is 10.0 Å². The van der Waals surface area contributed by atoms with Crippen LogP contribution < -0.4 is 9.21 Å². The van der Waals surface area contributed by atoms with Crippen LogP contribution in [0.15, 0.2) is 42.5 Å². The molecule has 1 atom stereocenters. The summed E-state index contributed by atoms with van der Waals surface area (Å²) < 4.78 is 26.1. The first-order valence-corrected chi connectivity index (χ1v) is 11.1. The maximum Gasteiger partial charge on any atom is 0.250 e. The Morgan fingerprint density at radius 2 is 1.78 bits per heavy atom. The first kappa shape index (κ1) is 20.0. The van der Waals surface area contributed by atoms with Gasteiger partial charge in [0, 0.05) is 22.3 Å². The molecular formula is C19H20Cl2N2O3S. The van der Waals surface area contributed by atoms with Crippen molar-refractivity contribution in [2.75, 3.05) is 22.0 Å². The number of halogens is 2. The van der Waals surface area contributed by atoms with Gasteiger partial charge in [0.1, 0.15) is 6.04 Å². The topological polar surface area (TPSA) is 57.7 Å². The number of anilines is 2. The minimum absolute atomic E-state index is 0.265. The molecule has 0 unspecified atom stereocenters. The molecular weight excluding hydrogens is 407 g/mol. The first-order chi connectivity index (χ1) is 12.7. The largest absolute Gasteiger partial charge is 0.310 e. The van der Waals surface area contributed by atoms with Gasteiger partial charge < -0.3 is 4.90 Å². The van der Waals surface area contributed by atoms with Gasteiger partial charge in [-0.1, -0.05) is 41.4 Å². The summed E-state index contributed by atoms with van der Waals surface area (Å²) in [6.45, 7) is 2.13. The Labute approximate surface area is 169 Å². The minimum Gasteiger partial charge on any atom is -0.310 e. The molecule has 1 aliphatic heterocycles. The number of sulfonamides is 1. The number of rotatable bonds is 4. The van der Waals surface area contributed by atoms with Crippen LogP contribution in [0.3, 0.4) is 0 Å². The Bertz CT molecular complexity index is 958. The van der Waals surface area contributed by atoms with E-state index in [4.69, 9.17) is 23.2 Å². The lowest BCUT2D eigenvalue weighted by Crippen LogP contribution is -2.50. The number of benzene rings is 2. The van der Waals surface area contributed by atoms with E-state index in [0.29, 0.717) is 16.6 Å². The highest BCUT2D eigenvalue weighted by Crippen LogP contribution is 2.31. The van der Waals surface area contributed by atoms with Crippen molar-refractivity contribution in [2.45, 2.75) is 25.8 Å². The van der Waals surface area contributed by atoms with Crippen molar-refractivity contribution in [3.05, 3.63) is 58.1 Å². The summed E-state index contributed by atoms with van der Waals surface area (Å²) in [4.78, 5) is 14.9. The van der Waals surface area contributed by atoms with Gasteiger partial charge in [0.05, 0.1) is 11.9 Å². The predicted octanol–water partition coefficient (Wildman–Crippen LogP) is 4.13. The molecule has 5 nitrogen and oxygen atoms in total. The maximum absolute atomic E-state index is 13.2. The normalized spacial score (nSPS) is 15.2. The molecule has 144 valence electrons. The molecule has 0 radical (unpaired) electrons. The lowest BCUT2D eigenvalue weighted by atomic mass is 10.0. The summed E-state index contributed by atoms with van der Waals surface area (Å²) in [6.07, 6.45) is 2.79. The summed E-state index contributed by atoms with van der Waals surface area (Å²) in [6, 6.07) is 11.2. The third-order valence-corrected chi connectivity index (χ3v) is 6.22. The SMILES string of the molecule is C[C@H](C(=O)N1CCCc2ccccc21)N(c1cc(Cl)cc(Cl)c1)S(C)(=O)=O. The van der Waals surface area contributed by atoms with Crippen molar-refractivity contribution in [1.82, 2.24) is 0 Å². The van der Waals surface area contributed by atoms with Gasteiger partial charge in [0.25, 0.3) is 5.91 Å². The molecule has 0 saturated heterocycles. The van der Waals surface area contributed by atoms with Crippen LogP contribution in [-0.2, 0) is 21.2 Å². The number of amides is 1. The molecule has 1 heterocycles. The Morgan fingerprint density at radius 3 is 2.41 bits per heavy atom. The van der Waals surface area contributed by atoms with E-state index in [1.807, 2.05) is 24.3 Å². The molecule has 0 spiro atoms. The van der Waals surface area contributed by atoms with E-state index in [1.54, 1.807) is 11.8 Å². The summed E-state index contributed by atoms with van der Waals surface area (Å²) in [5, 5.41) is 0.600. The fourth-order valence-electron chi connectivity index (χ4n) is 3.46. The highest BCUT2D eigenvalue weighted by molar-refractivity contribution is 7.92. The van der Waals surface area contributed by atoms with Gasteiger partial charge in [-0.05, 0) is 49.6 Å². The van der Waals surface area contributed by atoms with E-state index < -0.39 is 16.1 Å². The van der Waals surface area contributed by atoms with Gasteiger partial charge in [-0.25, -0.2) is 8.42 Å². The Morgan fingerprint density at radius 1 is 1.15 bits per heavy atom. The molecule has 8 heteroatoms. The van der Waals surface area contributed by atoms with E-state index in [1.165, 1.54) is 18.2 Å². The zero-order chi connectivity index (χ0) is 19.8. The van der Waals surface area contributed by atoms with Crippen LogP contribution in [0.25, 0.3) is 0 Å². The summed E-state index contributed by atoms with van der Waals surface area (Å²) in [5.74, 6) is -0.288. The zero-order valence-electron chi connectivity index (χ0n) is 15.0. The summed E-state index contributed by atoms with van der Waals surface area (Å²) in [5.41, 5.74) is 2.18. The smallest absolute Gasteiger partial charge is 0.250 e. The Kier molecular flexibility index (Phi) is 5.70. The van der Waals surface area contributed by atoms with Crippen LogP contribution in [0, 0.1) is 0 Å². The average Bonchev–Trinajstić information content (AvgIpc) is 2.58. The third-order valence-electron chi connectivity index (χ3n) is 4.54. The van der Waals surface area contributed by atoms with Gasteiger partial charge in [-0.15, -0.1) is 0 Å². The zero-order valence-corrected chi connectivity index (χ0v) is 17.4. The van der Waals surface area contributed by atoms with Gasteiger partial charge in [0.15, 0.2) is 0 Å². The van der Waals surface area contributed by atoms with E-state index in [-0.39, 0.29) is 11.6 Å². The van der Waals surface area contributed by atoms with Crippen LogP contribution in [0.5, 0.6) is 0 Å². The van der Waals surface area contributed by atoms with E-state index in [0.717, 1.165) is 34.7 Å². The Balaban J connectivity index is 2.00. The van der Waals surface area contributed by atoms with Crippen molar-refractivity contribution in [2.24, 2.45) is 0 Å². The second-order valence-electron chi connectivity index (χ2n) is 6.58. The number of hydrogen-bond donors (Lipinski definition) is 0.